The Labute approximate surface area is 112 Å². The van der Waals surface area contributed by atoms with Gasteiger partial charge in [0.2, 0.25) is 0 Å². The fourth-order valence-electron chi connectivity index (χ4n) is 1.96. The topological polar surface area (TPSA) is 37.8 Å². The minimum absolute atomic E-state index is 0.579. The van der Waals surface area contributed by atoms with Crippen LogP contribution in [0.4, 0.5) is 5.82 Å². The molecule has 0 bridgehead atoms. The number of hydrogen-bond acceptors (Lipinski definition) is 3. The Morgan fingerprint density at radius 3 is 2.59 bits per heavy atom. The van der Waals surface area contributed by atoms with Crippen molar-refractivity contribution < 1.29 is 0 Å². The van der Waals surface area contributed by atoms with Gasteiger partial charge in [-0.25, -0.2) is 9.97 Å². The van der Waals surface area contributed by atoms with Gasteiger partial charge >= 0.3 is 0 Å². The van der Waals surface area contributed by atoms with Gasteiger partial charge in [-0.3, -0.25) is 0 Å². The molecule has 0 aliphatic heterocycles. The first kappa shape index (κ1) is 12.8. The van der Waals surface area contributed by atoms with Gasteiger partial charge in [0.1, 0.15) is 11.6 Å². The van der Waals surface area contributed by atoms with E-state index in [-0.39, 0.29) is 0 Å². The second-order valence-electron chi connectivity index (χ2n) is 4.79. The van der Waals surface area contributed by atoms with Gasteiger partial charge in [0.15, 0.2) is 0 Å². The molecule has 1 aliphatic carbocycles. The molecule has 1 aromatic rings. The maximum atomic E-state index is 4.67. The van der Waals surface area contributed by atoms with Crippen LogP contribution in [0.15, 0.2) is 4.47 Å². The Balaban J connectivity index is 2.28. The normalized spacial score (nSPS) is 22.6. The highest BCUT2D eigenvalue weighted by atomic mass is 79.9. The molecule has 0 radical (unpaired) electrons. The molecule has 0 saturated heterocycles. The lowest BCUT2D eigenvalue weighted by Gasteiger charge is -2.11. The summed E-state index contributed by atoms with van der Waals surface area (Å²) in [6.07, 6.45) is 3.28. The highest BCUT2D eigenvalue weighted by molar-refractivity contribution is 9.10. The summed E-state index contributed by atoms with van der Waals surface area (Å²) in [5.74, 6) is 3.32. The molecule has 2 rings (SSSR count). The van der Waals surface area contributed by atoms with Gasteiger partial charge in [0.05, 0.1) is 10.2 Å². The maximum absolute atomic E-state index is 4.67. The van der Waals surface area contributed by atoms with Crippen molar-refractivity contribution in [2.75, 3.05) is 11.9 Å². The van der Waals surface area contributed by atoms with Crippen molar-refractivity contribution in [3.63, 3.8) is 0 Å². The van der Waals surface area contributed by atoms with Crippen LogP contribution in [0.1, 0.15) is 51.0 Å². The summed E-state index contributed by atoms with van der Waals surface area (Å²) >= 11 is 3.60. The summed E-state index contributed by atoms with van der Waals surface area (Å²) in [6, 6.07) is 0. The Hall–Kier alpha value is -0.640. The van der Waals surface area contributed by atoms with Gasteiger partial charge in [-0.2, -0.15) is 0 Å². The van der Waals surface area contributed by atoms with Crippen LogP contribution in [-0.4, -0.2) is 16.5 Å². The Morgan fingerprint density at radius 2 is 2.06 bits per heavy atom. The van der Waals surface area contributed by atoms with Crippen molar-refractivity contribution >= 4 is 21.7 Å². The predicted octanol–water partition coefficient (Wildman–Crippen LogP) is 3.75. The standard InChI is InChI=1S/C13H20BrN3/c1-4-6-15-13-11(14)10(5-2)16-12(17-13)9-7-8(9)3/h8-9H,4-7H2,1-3H3,(H,15,16,17). The van der Waals surface area contributed by atoms with Crippen LogP contribution in [0.3, 0.4) is 0 Å². The molecular formula is C13H20BrN3. The Morgan fingerprint density at radius 1 is 1.35 bits per heavy atom. The molecule has 3 nitrogen and oxygen atoms in total. The van der Waals surface area contributed by atoms with Crippen molar-refractivity contribution in [1.82, 2.24) is 9.97 Å². The molecule has 17 heavy (non-hydrogen) atoms. The molecule has 0 amide bonds. The number of halogens is 1. The first-order valence-corrected chi connectivity index (χ1v) is 7.26. The van der Waals surface area contributed by atoms with Crippen LogP contribution in [0.2, 0.25) is 0 Å². The van der Waals surface area contributed by atoms with E-state index in [2.05, 4.69) is 52.0 Å². The van der Waals surface area contributed by atoms with Crippen molar-refractivity contribution in [2.24, 2.45) is 5.92 Å². The minimum Gasteiger partial charge on any atom is -0.369 e. The first-order valence-electron chi connectivity index (χ1n) is 6.47. The van der Waals surface area contributed by atoms with Gasteiger partial charge in [0.25, 0.3) is 0 Å². The zero-order valence-electron chi connectivity index (χ0n) is 10.8. The van der Waals surface area contributed by atoms with E-state index in [1.807, 2.05) is 0 Å². The molecule has 1 saturated carbocycles. The summed E-state index contributed by atoms with van der Waals surface area (Å²) in [7, 11) is 0. The van der Waals surface area contributed by atoms with Crippen molar-refractivity contribution in [3.05, 3.63) is 16.0 Å². The fraction of sp³-hybridized carbons (Fsp3) is 0.692. The highest BCUT2D eigenvalue weighted by Crippen LogP contribution is 2.46. The van der Waals surface area contributed by atoms with Crippen molar-refractivity contribution in [1.29, 1.82) is 0 Å². The van der Waals surface area contributed by atoms with Crippen LogP contribution in [0, 0.1) is 5.92 Å². The van der Waals surface area contributed by atoms with Gasteiger partial charge in [0, 0.05) is 12.5 Å². The molecule has 1 fully saturated rings. The van der Waals surface area contributed by atoms with Gasteiger partial charge in [-0.15, -0.1) is 0 Å². The lowest BCUT2D eigenvalue weighted by atomic mass is 10.2. The SMILES string of the molecule is CCCNc1nc(C2CC2C)nc(CC)c1Br. The van der Waals surface area contributed by atoms with E-state index in [9.17, 15) is 0 Å². The largest absolute Gasteiger partial charge is 0.369 e. The van der Waals surface area contributed by atoms with Crippen molar-refractivity contribution in [2.45, 2.75) is 46.0 Å². The van der Waals surface area contributed by atoms with Crippen LogP contribution in [0.5, 0.6) is 0 Å². The smallest absolute Gasteiger partial charge is 0.144 e. The predicted molar refractivity (Wildman–Crippen MR) is 74.4 cm³/mol. The summed E-state index contributed by atoms with van der Waals surface area (Å²) in [4.78, 5) is 9.34. The summed E-state index contributed by atoms with van der Waals surface area (Å²) in [6.45, 7) is 7.52. The zero-order valence-corrected chi connectivity index (χ0v) is 12.3. The van der Waals surface area contributed by atoms with E-state index in [1.54, 1.807) is 0 Å². The monoisotopic (exact) mass is 297 g/mol. The van der Waals surface area contributed by atoms with Crippen LogP contribution >= 0.6 is 15.9 Å². The Bertz CT molecular complexity index is 406. The van der Waals surface area contributed by atoms with E-state index in [1.165, 1.54) is 6.42 Å². The molecule has 1 aromatic heterocycles. The number of aryl methyl sites for hydroxylation is 1. The van der Waals surface area contributed by atoms with E-state index < -0.39 is 0 Å². The van der Waals surface area contributed by atoms with Crippen LogP contribution in [0.25, 0.3) is 0 Å². The van der Waals surface area contributed by atoms with Crippen molar-refractivity contribution in [3.8, 4) is 0 Å². The van der Waals surface area contributed by atoms with E-state index in [0.717, 1.165) is 47.1 Å². The summed E-state index contributed by atoms with van der Waals surface area (Å²) in [5, 5.41) is 3.38. The number of anilines is 1. The number of nitrogens with zero attached hydrogens (tertiary/aromatic N) is 2. The third-order valence-electron chi connectivity index (χ3n) is 3.26. The molecule has 0 aromatic carbocycles. The van der Waals surface area contributed by atoms with Crippen LogP contribution in [-0.2, 0) is 6.42 Å². The second-order valence-corrected chi connectivity index (χ2v) is 5.58. The molecule has 1 aliphatic rings. The van der Waals surface area contributed by atoms with Gasteiger partial charge in [-0.1, -0.05) is 20.8 Å². The van der Waals surface area contributed by atoms with Gasteiger partial charge in [-0.05, 0) is 41.1 Å². The average Bonchev–Trinajstić information content (AvgIpc) is 3.05. The minimum atomic E-state index is 0.579. The molecule has 0 spiro atoms. The summed E-state index contributed by atoms with van der Waals surface area (Å²) in [5.41, 5.74) is 1.12. The van der Waals surface area contributed by atoms with Crippen LogP contribution < -0.4 is 5.32 Å². The van der Waals surface area contributed by atoms with E-state index >= 15 is 0 Å². The number of aromatic nitrogens is 2. The van der Waals surface area contributed by atoms with E-state index in [4.69, 9.17) is 0 Å². The Kier molecular flexibility index (Phi) is 4.02. The van der Waals surface area contributed by atoms with E-state index in [0.29, 0.717) is 5.92 Å². The first-order chi connectivity index (χ1) is 8.17. The lowest BCUT2D eigenvalue weighted by Crippen LogP contribution is -2.08. The third kappa shape index (κ3) is 2.79. The highest BCUT2D eigenvalue weighted by Gasteiger charge is 2.37. The number of nitrogens with one attached hydrogen (secondary N) is 1. The molecule has 4 heteroatoms. The fourth-order valence-corrected chi connectivity index (χ4v) is 2.55. The third-order valence-corrected chi connectivity index (χ3v) is 4.09. The quantitative estimate of drug-likeness (QED) is 0.899. The maximum Gasteiger partial charge on any atom is 0.144 e. The number of rotatable bonds is 5. The molecule has 1 N–H and O–H groups in total. The molecule has 1 heterocycles. The summed E-state index contributed by atoms with van der Waals surface area (Å²) < 4.78 is 1.03. The lowest BCUT2D eigenvalue weighted by molar-refractivity contribution is 0.814. The molecule has 2 atom stereocenters. The second kappa shape index (κ2) is 5.34. The molecule has 2 unspecified atom stereocenters. The molecule has 94 valence electrons. The van der Waals surface area contributed by atoms with Gasteiger partial charge < -0.3 is 5.32 Å². The molecular weight excluding hydrogens is 278 g/mol. The average molecular weight is 298 g/mol. The zero-order chi connectivity index (χ0) is 12.4. The number of hydrogen-bond donors (Lipinski definition) is 1.